The van der Waals surface area contributed by atoms with Gasteiger partial charge < -0.3 is 14.2 Å². The lowest BCUT2D eigenvalue weighted by Gasteiger charge is -2.18. The van der Waals surface area contributed by atoms with Crippen LogP contribution in [0.25, 0.3) is 0 Å². The second-order valence-corrected chi connectivity index (χ2v) is 19.6. The van der Waals surface area contributed by atoms with Crippen molar-refractivity contribution in [2.75, 3.05) is 13.2 Å². The molecule has 0 saturated carbocycles. The Hall–Kier alpha value is -2.63. The summed E-state index contributed by atoms with van der Waals surface area (Å²) in [5.74, 6) is -0.886. The molecule has 6 heteroatoms. The van der Waals surface area contributed by atoms with Gasteiger partial charge >= 0.3 is 17.9 Å². The molecule has 0 bridgehead atoms. The molecular weight excluding hydrogens is 829 g/mol. The van der Waals surface area contributed by atoms with Gasteiger partial charge in [-0.15, -0.1) is 0 Å². The lowest BCUT2D eigenvalue weighted by atomic mass is 10.0. The molecule has 1 unspecified atom stereocenters. The zero-order chi connectivity index (χ0) is 48.6. The normalized spacial score (nSPS) is 12.3. The van der Waals surface area contributed by atoms with E-state index in [2.05, 4.69) is 69.4 Å². The molecule has 0 fully saturated rings. The minimum atomic E-state index is -0.780. The van der Waals surface area contributed by atoms with Crippen LogP contribution in [0, 0.1) is 0 Å². The fourth-order valence-corrected chi connectivity index (χ4v) is 8.39. The summed E-state index contributed by atoms with van der Waals surface area (Å²) in [4.78, 5) is 38.1. The molecule has 0 heterocycles. The van der Waals surface area contributed by atoms with Crippen molar-refractivity contribution < 1.29 is 28.6 Å². The first-order chi connectivity index (χ1) is 33.0. The van der Waals surface area contributed by atoms with Gasteiger partial charge in [0.05, 0.1) is 0 Å². The fraction of sp³-hybridized carbons (Fsp3) is 0.820. The van der Waals surface area contributed by atoms with Crippen LogP contribution in [0.1, 0.15) is 303 Å². The highest BCUT2D eigenvalue weighted by Crippen LogP contribution is 2.16. The number of carbonyl (C=O) groups excluding carboxylic acids is 3. The van der Waals surface area contributed by atoms with Crippen molar-refractivity contribution in [3.05, 3.63) is 48.6 Å². The topological polar surface area (TPSA) is 78.9 Å². The van der Waals surface area contributed by atoms with E-state index < -0.39 is 6.10 Å². The molecule has 0 aromatic carbocycles. The minimum Gasteiger partial charge on any atom is -0.462 e. The standard InChI is InChI=1S/C61H110O6/c1-4-7-10-13-16-19-22-25-28-29-30-31-32-33-34-37-39-42-45-48-51-54-60(63)66-57-58(67-61(64)55-52-49-46-43-40-36-27-24-21-18-15-12-9-6-3)56-65-59(62)53-50-47-44-41-38-35-26-23-20-17-14-11-8-5-2/h22,24-25,27,29-30,32-33,58H,4-21,23,26,28,31,34-57H2,1-3H3/b25-22-,27-24-,30-29-,33-32-. The van der Waals surface area contributed by atoms with Crippen molar-refractivity contribution in [2.24, 2.45) is 0 Å². The molecule has 0 radical (unpaired) electrons. The summed E-state index contributed by atoms with van der Waals surface area (Å²) in [5.41, 5.74) is 0. The van der Waals surface area contributed by atoms with Gasteiger partial charge in [-0.2, -0.15) is 0 Å². The molecule has 0 amide bonds. The fourth-order valence-electron chi connectivity index (χ4n) is 8.39. The molecule has 0 aliphatic heterocycles. The summed E-state index contributed by atoms with van der Waals surface area (Å²) in [5, 5.41) is 0. The van der Waals surface area contributed by atoms with Crippen molar-refractivity contribution in [3.8, 4) is 0 Å². The lowest BCUT2D eigenvalue weighted by Crippen LogP contribution is -2.30. The van der Waals surface area contributed by atoms with Crippen LogP contribution in [0.4, 0.5) is 0 Å². The van der Waals surface area contributed by atoms with Gasteiger partial charge in [-0.3, -0.25) is 14.4 Å². The van der Waals surface area contributed by atoms with Crippen molar-refractivity contribution in [1.82, 2.24) is 0 Å². The molecule has 1 atom stereocenters. The first-order valence-corrected chi connectivity index (χ1v) is 29.1. The molecule has 0 rings (SSSR count). The summed E-state index contributed by atoms with van der Waals surface area (Å²) in [6.45, 7) is 6.63. The molecule has 0 aromatic heterocycles. The number of unbranched alkanes of at least 4 members (excludes halogenated alkanes) is 34. The van der Waals surface area contributed by atoms with E-state index in [-0.39, 0.29) is 31.1 Å². The van der Waals surface area contributed by atoms with Crippen LogP contribution in [0.2, 0.25) is 0 Å². The Balaban J connectivity index is 4.36. The number of allylic oxidation sites excluding steroid dienone is 8. The Bertz CT molecular complexity index is 1170. The molecule has 0 saturated heterocycles. The van der Waals surface area contributed by atoms with Gasteiger partial charge in [0.2, 0.25) is 0 Å². The first kappa shape index (κ1) is 64.4. The van der Waals surface area contributed by atoms with Crippen LogP contribution < -0.4 is 0 Å². The molecule has 0 aliphatic carbocycles. The van der Waals surface area contributed by atoms with Gasteiger partial charge in [-0.05, 0) is 83.5 Å². The van der Waals surface area contributed by atoms with E-state index in [0.717, 1.165) is 89.9 Å². The lowest BCUT2D eigenvalue weighted by molar-refractivity contribution is -0.167. The van der Waals surface area contributed by atoms with Crippen molar-refractivity contribution >= 4 is 17.9 Å². The van der Waals surface area contributed by atoms with E-state index in [1.54, 1.807) is 0 Å². The quantitative estimate of drug-likeness (QED) is 0.0262. The summed E-state index contributed by atoms with van der Waals surface area (Å²) in [6.07, 6.45) is 68.1. The van der Waals surface area contributed by atoms with Crippen LogP contribution in [0.15, 0.2) is 48.6 Å². The van der Waals surface area contributed by atoms with Crippen LogP contribution in [0.5, 0.6) is 0 Å². The van der Waals surface area contributed by atoms with Crippen molar-refractivity contribution in [2.45, 2.75) is 309 Å². The van der Waals surface area contributed by atoms with Gasteiger partial charge in [0.25, 0.3) is 0 Å². The summed E-state index contributed by atoms with van der Waals surface area (Å²) >= 11 is 0. The molecule has 0 spiro atoms. The molecular formula is C61H110O6. The van der Waals surface area contributed by atoms with Gasteiger partial charge in [0, 0.05) is 19.3 Å². The number of hydrogen-bond acceptors (Lipinski definition) is 6. The predicted octanol–water partition coefficient (Wildman–Crippen LogP) is 19.4. The monoisotopic (exact) mass is 939 g/mol. The summed E-state index contributed by atoms with van der Waals surface area (Å²) in [7, 11) is 0. The highest BCUT2D eigenvalue weighted by molar-refractivity contribution is 5.71. The summed E-state index contributed by atoms with van der Waals surface area (Å²) in [6, 6.07) is 0. The van der Waals surface area contributed by atoms with E-state index >= 15 is 0 Å². The zero-order valence-electron chi connectivity index (χ0n) is 44.7. The molecule has 0 N–H and O–H groups in total. The largest absolute Gasteiger partial charge is 0.462 e. The number of rotatable bonds is 53. The van der Waals surface area contributed by atoms with E-state index in [1.807, 2.05) is 0 Å². The maximum Gasteiger partial charge on any atom is 0.306 e. The minimum absolute atomic E-state index is 0.0778. The molecule has 0 aliphatic rings. The number of carbonyl (C=O) groups is 3. The Morgan fingerprint density at radius 1 is 0.299 bits per heavy atom. The third-order valence-corrected chi connectivity index (χ3v) is 12.8. The van der Waals surface area contributed by atoms with Gasteiger partial charge in [-0.25, -0.2) is 0 Å². The van der Waals surface area contributed by atoms with Crippen LogP contribution in [-0.4, -0.2) is 37.2 Å². The molecule has 390 valence electrons. The third kappa shape index (κ3) is 54.2. The molecule has 67 heavy (non-hydrogen) atoms. The average molecular weight is 940 g/mol. The first-order valence-electron chi connectivity index (χ1n) is 29.1. The average Bonchev–Trinajstić information content (AvgIpc) is 3.33. The van der Waals surface area contributed by atoms with E-state index in [0.29, 0.717) is 19.3 Å². The predicted molar refractivity (Wildman–Crippen MR) is 289 cm³/mol. The zero-order valence-corrected chi connectivity index (χ0v) is 44.7. The summed E-state index contributed by atoms with van der Waals surface area (Å²) < 4.78 is 16.9. The number of ether oxygens (including phenoxy) is 3. The molecule has 0 aromatic rings. The number of esters is 3. The second kappa shape index (κ2) is 56.0. The van der Waals surface area contributed by atoms with Crippen LogP contribution >= 0.6 is 0 Å². The SMILES string of the molecule is CCCCCCC/C=C\C/C=C\C/C=C\CCCCCCCCC(=O)OCC(COC(=O)CCCCCCCCCCCCCCCC)OC(=O)CCCCCCC/C=C\CCCCCCC. The smallest absolute Gasteiger partial charge is 0.306 e. The van der Waals surface area contributed by atoms with E-state index in [1.165, 1.54) is 173 Å². The second-order valence-electron chi connectivity index (χ2n) is 19.6. The Morgan fingerprint density at radius 2 is 0.537 bits per heavy atom. The number of hydrogen-bond donors (Lipinski definition) is 0. The Labute approximate surface area is 416 Å². The Kier molecular flexibility index (Phi) is 53.8. The Morgan fingerprint density at radius 3 is 0.851 bits per heavy atom. The third-order valence-electron chi connectivity index (χ3n) is 12.8. The highest BCUT2D eigenvalue weighted by atomic mass is 16.6. The van der Waals surface area contributed by atoms with Crippen LogP contribution in [-0.2, 0) is 28.6 Å². The van der Waals surface area contributed by atoms with Gasteiger partial charge in [0.15, 0.2) is 6.10 Å². The molecule has 6 nitrogen and oxygen atoms in total. The maximum absolute atomic E-state index is 12.8. The van der Waals surface area contributed by atoms with Gasteiger partial charge in [0.1, 0.15) is 13.2 Å². The highest BCUT2D eigenvalue weighted by Gasteiger charge is 2.19. The van der Waals surface area contributed by atoms with E-state index in [4.69, 9.17) is 14.2 Å². The van der Waals surface area contributed by atoms with Crippen LogP contribution in [0.3, 0.4) is 0 Å². The van der Waals surface area contributed by atoms with E-state index in [9.17, 15) is 14.4 Å². The van der Waals surface area contributed by atoms with Crippen molar-refractivity contribution in [3.63, 3.8) is 0 Å². The maximum atomic E-state index is 12.8. The van der Waals surface area contributed by atoms with Crippen molar-refractivity contribution in [1.29, 1.82) is 0 Å². The van der Waals surface area contributed by atoms with Gasteiger partial charge in [-0.1, -0.05) is 249 Å².